The van der Waals surface area contributed by atoms with Gasteiger partial charge in [-0.25, -0.2) is 12.8 Å². The Bertz CT molecular complexity index is 757. The van der Waals surface area contributed by atoms with Gasteiger partial charge in [0.2, 0.25) is 10.0 Å². The minimum absolute atomic E-state index is 0.229. The molecule has 1 heterocycles. The molecule has 0 radical (unpaired) electrons. The van der Waals surface area contributed by atoms with Gasteiger partial charge in [-0.05, 0) is 24.3 Å². The summed E-state index contributed by atoms with van der Waals surface area (Å²) in [5.74, 6) is -0.229. The van der Waals surface area contributed by atoms with E-state index in [1.807, 2.05) is 6.07 Å². The van der Waals surface area contributed by atoms with Crippen LogP contribution in [0.1, 0.15) is 5.56 Å². The van der Waals surface area contributed by atoms with Gasteiger partial charge in [-0.2, -0.15) is 4.31 Å². The maximum atomic E-state index is 13.2. The highest BCUT2D eigenvalue weighted by Gasteiger charge is 2.30. The van der Waals surface area contributed by atoms with Gasteiger partial charge in [0.05, 0.1) is 31.1 Å². The van der Waals surface area contributed by atoms with E-state index in [9.17, 15) is 12.8 Å². The molecule has 2 aromatic carbocycles. The summed E-state index contributed by atoms with van der Waals surface area (Å²) < 4.78 is 39.9. The van der Waals surface area contributed by atoms with E-state index in [1.54, 1.807) is 42.5 Å². The van der Waals surface area contributed by atoms with Crippen molar-refractivity contribution in [2.24, 2.45) is 0 Å². The van der Waals surface area contributed by atoms with Crippen LogP contribution in [0.4, 0.5) is 4.39 Å². The molecule has 0 atom stereocenters. The van der Waals surface area contributed by atoms with Crippen LogP contribution in [0.25, 0.3) is 0 Å². The van der Waals surface area contributed by atoms with Crippen LogP contribution in [-0.4, -0.2) is 38.9 Å². The van der Waals surface area contributed by atoms with Crippen LogP contribution in [0.2, 0.25) is 0 Å². The molecule has 1 saturated heterocycles. The lowest BCUT2D eigenvalue weighted by molar-refractivity contribution is -0.917. The molecule has 0 bridgehead atoms. The molecule has 4 nitrogen and oxygen atoms in total. The second-order valence-electron chi connectivity index (χ2n) is 5.77. The van der Waals surface area contributed by atoms with Crippen molar-refractivity contribution in [3.8, 4) is 0 Å². The van der Waals surface area contributed by atoms with Crippen molar-refractivity contribution in [3.63, 3.8) is 0 Å². The molecule has 6 heteroatoms. The molecule has 0 aromatic heterocycles. The third kappa shape index (κ3) is 3.77. The molecule has 1 fully saturated rings. The minimum Gasteiger partial charge on any atom is -0.329 e. The first kappa shape index (κ1) is 16.1. The third-order valence-electron chi connectivity index (χ3n) is 4.15. The number of piperazine rings is 1. The predicted octanol–water partition coefficient (Wildman–Crippen LogP) is 0.915. The predicted molar refractivity (Wildman–Crippen MR) is 86.0 cm³/mol. The molecule has 122 valence electrons. The van der Waals surface area contributed by atoms with Crippen molar-refractivity contribution < 1.29 is 17.7 Å². The SMILES string of the molecule is O=S(=O)(c1ccccc1)N1CC[NH+](Cc2cccc(F)c2)CC1. The summed E-state index contributed by atoms with van der Waals surface area (Å²) in [6, 6.07) is 15.1. The summed E-state index contributed by atoms with van der Waals surface area (Å²) in [7, 11) is -3.41. The Morgan fingerprint density at radius 2 is 1.70 bits per heavy atom. The Labute approximate surface area is 136 Å². The van der Waals surface area contributed by atoms with Gasteiger partial charge >= 0.3 is 0 Å². The van der Waals surface area contributed by atoms with Crippen LogP contribution < -0.4 is 4.90 Å². The molecule has 23 heavy (non-hydrogen) atoms. The van der Waals surface area contributed by atoms with E-state index >= 15 is 0 Å². The number of sulfonamides is 1. The zero-order valence-electron chi connectivity index (χ0n) is 12.8. The Kier molecular flexibility index (Phi) is 4.75. The van der Waals surface area contributed by atoms with Gasteiger partial charge in [-0.3, -0.25) is 0 Å². The third-order valence-corrected chi connectivity index (χ3v) is 6.07. The van der Waals surface area contributed by atoms with Gasteiger partial charge in [0.15, 0.2) is 0 Å². The fourth-order valence-corrected chi connectivity index (χ4v) is 4.36. The Morgan fingerprint density at radius 3 is 2.35 bits per heavy atom. The van der Waals surface area contributed by atoms with E-state index in [4.69, 9.17) is 0 Å². The summed E-state index contributed by atoms with van der Waals surface area (Å²) >= 11 is 0. The number of hydrogen-bond donors (Lipinski definition) is 1. The number of rotatable bonds is 4. The van der Waals surface area contributed by atoms with E-state index in [2.05, 4.69) is 0 Å². The first-order valence-corrected chi connectivity index (χ1v) is 9.13. The van der Waals surface area contributed by atoms with Gasteiger partial charge < -0.3 is 4.90 Å². The zero-order chi connectivity index (χ0) is 16.3. The van der Waals surface area contributed by atoms with Crippen LogP contribution in [0.15, 0.2) is 59.5 Å². The van der Waals surface area contributed by atoms with Crippen LogP contribution in [0, 0.1) is 5.82 Å². The van der Waals surface area contributed by atoms with E-state index in [-0.39, 0.29) is 5.82 Å². The molecule has 1 N–H and O–H groups in total. The number of quaternary nitrogens is 1. The van der Waals surface area contributed by atoms with Gasteiger partial charge in [0, 0.05) is 5.56 Å². The van der Waals surface area contributed by atoms with Crippen molar-refractivity contribution >= 4 is 10.0 Å². The van der Waals surface area contributed by atoms with Crippen molar-refractivity contribution in [3.05, 3.63) is 66.0 Å². The number of halogens is 1. The highest BCUT2D eigenvalue weighted by atomic mass is 32.2. The number of benzene rings is 2. The zero-order valence-corrected chi connectivity index (χ0v) is 13.6. The van der Waals surface area contributed by atoms with Crippen molar-refractivity contribution in [2.45, 2.75) is 11.4 Å². The number of nitrogens with zero attached hydrogens (tertiary/aromatic N) is 1. The fraction of sp³-hybridized carbons (Fsp3) is 0.294. The van der Waals surface area contributed by atoms with E-state index in [1.165, 1.54) is 15.3 Å². The second kappa shape index (κ2) is 6.78. The summed E-state index contributed by atoms with van der Waals surface area (Å²) in [5.41, 5.74) is 0.944. The summed E-state index contributed by atoms with van der Waals surface area (Å²) in [4.78, 5) is 1.61. The van der Waals surface area contributed by atoms with Gasteiger partial charge in [0.1, 0.15) is 12.4 Å². The lowest BCUT2D eigenvalue weighted by Crippen LogP contribution is -3.13. The summed E-state index contributed by atoms with van der Waals surface area (Å²) in [6.45, 7) is 3.14. The van der Waals surface area contributed by atoms with Crippen molar-refractivity contribution in [1.82, 2.24) is 4.31 Å². The van der Waals surface area contributed by atoms with Gasteiger partial charge in [-0.15, -0.1) is 0 Å². The standard InChI is InChI=1S/C17H19FN2O2S/c18-16-6-4-5-15(13-16)14-19-9-11-20(12-10-19)23(21,22)17-7-2-1-3-8-17/h1-8,13H,9-12,14H2/p+1. The maximum absolute atomic E-state index is 13.2. The number of hydrogen-bond acceptors (Lipinski definition) is 2. The molecule has 0 spiro atoms. The largest absolute Gasteiger partial charge is 0.329 e. The Morgan fingerprint density at radius 1 is 1.00 bits per heavy atom. The second-order valence-corrected chi connectivity index (χ2v) is 7.71. The van der Waals surface area contributed by atoms with E-state index in [0.717, 1.165) is 25.2 Å². The topological polar surface area (TPSA) is 41.8 Å². The molecule has 0 saturated carbocycles. The van der Waals surface area contributed by atoms with Crippen molar-refractivity contribution in [2.75, 3.05) is 26.2 Å². The molecule has 0 amide bonds. The van der Waals surface area contributed by atoms with Crippen molar-refractivity contribution in [1.29, 1.82) is 0 Å². The quantitative estimate of drug-likeness (QED) is 0.903. The summed E-state index contributed by atoms with van der Waals surface area (Å²) in [5, 5.41) is 0. The Hall–Kier alpha value is -1.76. The molecule has 1 aliphatic rings. The van der Waals surface area contributed by atoms with E-state index < -0.39 is 10.0 Å². The van der Waals surface area contributed by atoms with Gasteiger partial charge in [0.25, 0.3) is 0 Å². The minimum atomic E-state index is -3.41. The maximum Gasteiger partial charge on any atom is 0.243 e. The highest BCUT2D eigenvalue weighted by molar-refractivity contribution is 7.89. The highest BCUT2D eigenvalue weighted by Crippen LogP contribution is 2.14. The monoisotopic (exact) mass is 335 g/mol. The van der Waals surface area contributed by atoms with Crippen LogP contribution >= 0.6 is 0 Å². The lowest BCUT2D eigenvalue weighted by atomic mass is 10.2. The average molecular weight is 335 g/mol. The molecule has 3 rings (SSSR count). The van der Waals surface area contributed by atoms with Crippen LogP contribution in [-0.2, 0) is 16.6 Å². The first-order chi connectivity index (χ1) is 11.1. The Balaban J connectivity index is 1.62. The van der Waals surface area contributed by atoms with Crippen LogP contribution in [0.3, 0.4) is 0 Å². The van der Waals surface area contributed by atoms with E-state index in [0.29, 0.717) is 18.0 Å². The normalized spacial score (nSPS) is 17.3. The smallest absolute Gasteiger partial charge is 0.243 e. The summed E-state index contributed by atoms with van der Waals surface area (Å²) in [6.07, 6.45) is 0. The van der Waals surface area contributed by atoms with Gasteiger partial charge in [-0.1, -0.05) is 30.3 Å². The molecule has 2 aromatic rings. The fourth-order valence-electron chi connectivity index (χ4n) is 2.90. The number of nitrogens with one attached hydrogen (secondary N) is 1. The molecule has 0 unspecified atom stereocenters. The lowest BCUT2D eigenvalue weighted by Gasteiger charge is -2.31. The van der Waals surface area contributed by atoms with Crippen LogP contribution in [0.5, 0.6) is 0 Å². The first-order valence-electron chi connectivity index (χ1n) is 7.69. The molecular weight excluding hydrogens is 315 g/mol. The average Bonchev–Trinajstić information content (AvgIpc) is 2.56. The molecular formula is C17H20FN2O2S+. The molecule has 0 aliphatic carbocycles. The molecule has 1 aliphatic heterocycles.